The van der Waals surface area contributed by atoms with E-state index in [0.717, 1.165) is 138 Å². The Hall–Kier alpha value is -11.4. The second-order valence-corrected chi connectivity index (χ2v) is 20.1. The van der Waals surface area contributed by atoms with Crippen LogP contribution in [0.15, 0.2) is 245 Å². The second kappa shape index (κ2) is 17.6. The van der Waals surface area contributed by atoms with Gasteiger partial charge in [-0.25, -0.2) is 15.0 Å². The highest BCUT2D eigenvalue weighted by molar-refractivity contribution is 6.25. The Morgan fingerprint density at radius 1 is 0.312 bits per heavy atom. The van der Waals surface area contributed by atoms with Gasteiger partial charge in [0.1, 0.15) is 22.3 Å². The van der Waals surface area contributed by atoms with Crippen molar-refractivity contribution in [2.75, 3.05) is 0 Å². The van der Waals surface area contributed by atoms with Crippen molar-refractivity contribution in [2.45, 2.75) is 0 Å². The Morgan fingerprint density at radius 3 is 1.15 bits per heavy atom. The van der Waals surface area contributed by atoms with Gasteiger partial charge in [0, 0.05) is 60.1 Å². The van der Waals surface area contributed by atoms with Gasteiger partial charge >= 0.3 is 0 Å². The molecule has 0 saturated carbocycles. The standard InChI is InChI=1S/C71H39N7O2/c72-40-42-22-26-44(27-23-42)49-32-30-47(38-61(49)77-57-18-8-4-16-55(57)65-59(77)36-34-53-51-14-6-10-20-63(51)79-67(53)65)70-74-69(46-12-2-1-3-13-46)75-71(76-70)48-31-33-50(45-28-24-43(41-73)25-29-45)62(39-48)78-58-19-9-5-17-56(58)66-60(78)37-35-54-52-15-7-11-21-64(52)80-68(54)66/h1-39H. The molecule has 0 atom stereocenters. The third-order valence-corrected chi connectivity index (χ3v) is 15.7. The van der Waals surface area contributed by atoms with Crippen LogP contribution in [0.5, 0.6) is 0 Å². The summed E-state index contributed by atoms with van der Waals surface area (Å²) in [6.07, 6.45) is 0. The van der Waals surface area contributed by atoms with Crippen LogP contribution in [0, 0.1) is 22.7 Å². The second-order valence-electron chi connectivity index (χ2n) is 20.1. The fourth-order valence-corrected chi connectivity index (χ4v) is 12.0. The quantitative estimate of drug-likeness (QED) is 0.156. The summed E-state index contributed by atoms with van der Waals surface area (Å²) in [5, 5.41) is 28.1. The van der Waals surface area contributed by atoms with E-state index >= 15 is 0 Å². The lowest BCUT2D eigenvalue weighted by atomic mass is 9.99. The van der Waals surface area contributed by atoms with Crippen molar-refractivity contribution >= 4 is 87.5 Å². The average molecular weight is 1020 g/mol. The number of fused-ring (bicyclic) bond motifs is 14. The van der Waals surface area contributed by atoms with Gasteiger partial charge in [-0.05, 0) is 96.1 Å². The molecule has 5 heterocycles. The maximum atomic E-state index is 9.84. The summed E-state index contributed by atoms with van der Waals surface area (Å²) in [5.41, 5.74) is 16.5. The molecule has 5 aromatic heterocycles. The first-order valence-electron chi connectivity index (χ1n) is 26.4. The van der Waals surface area contributed by atoms with Crippen LogP contribution in [0.2, 0.25) is 0 Å². The van der Waals surface area contributed by atoms with Gasteiger partial charge in [-0.15, -0.1) is 0 Å². The normalized spacial score (nSPS) is 11.7. The van der Waals surface area contributed by atoms with E-state index in [0.29, 0.717) is 28.6 Å². The Bertz CT molecular complexity index is 5010. The number of benzene rings is 11. The van der Waals surface area contributed by atoms with Crippen LogP contribution in [-0.4, -0.2) is 24.1 Å². The molecule has 0 radical (unpaired) electrons. The molecule has 0 bridgehead atoms. The first kappa shape index (κ1) is 44.9. The molecule has 0 amide bonds. The third-order valence-electron chi connectivity index (χ3n) is 15.7. The number of aromatic nitrogens is 5. The van der Waals surface area contributed by atoms with Crippen molar-refractivity contribution < 1.29 is 8.83 Å². The molecule has 11 aromatic carbocycles. The summed E-state index contributed by atoms with van der Waals surface area (Å²) in [7, 11) is 0. The number of hydrogen-bond donors (Lipinski definition) is 0. The zero-order valence-electron chi connectivity index (χ0n) is 42.5. The summed E-state index contributed by atoms with van der Waals surface area (Å²) in [4.78, 5) is 16.0. The summed E-state index contributed by atoms with van der Waals surface area (Å²) in [6.45, 7) is 0. The lowest BCUT2D eigenvalue weighted by Crippen LogP contribution is -2.03. The van der Waals surface area contributed by atoms with E-state index in [4.69, 9.17) is 23.8 Å². The minimum absolute atomic E-state index is 0.490. The molecule has 0 N–H and O–H groups in total. The van der Waals surface area contributed by atoms with Gasteiger partial charge in [-0.2, -0.15) is 10.5 Å². The molecule has 80 heavy (non-hydrogen) atoms. The van der Waals surface area contributed by atoms with Crippen molar-refractivity contribution in [3.8, 4) is 79.9 Å². The monoisotopic (exact) mass is 1020 g/mol. The van der Waals surface area contributed by atoms with Gasteiger partial charge in [0.05, 0.1) is 67.5 Å². The largest absolute Gasteiger partial charge is 0.455 e. The summed E-state index contributed by atoms with van der Waals surface area (Å²) >= 11 is 0. The lowest BCUT2D eigenvalue weighted by Gasteiger charge is -2.17. The fraction of sp³-hybridized carbons (Fsp3) is 0. The molecule has 0 aliphatic carbocycles. The van der Waals surface area contributed by atoms with Gasteiger partial charge in [0.2, 0.25) is 0 Å². The maximum Gasteiger partial charge on any atom is 0.164 e. The Balaban J connectivity index is 0.944. The van der Waals surface area contributed by atoms with Crippen LogP contribution in [0.25, 0.3) is 155 Å². The van der Waals surface area contributed by atoms with Gasteiger partial charge in [0.15, 0.2) is 17.5 Å². The SMILES string of the molecule is N#Cc1ccc(-c2ccc(-c3nc(-c4ccccc4)nc(-c4ccc(-c5ccc(C#N)cc5)c(-n5c6ccccc6c6c7oc8ccccc8c7ccc65)c4)n3)cc2-n2c3ccccc3c3c4oc5ccccc5c4ccc32)cc1. The molecule has 16 aromatic rings. The Kier molecular flexibility index (Phi) is 9.86. The van der Waals surface area contributed by atoms with E-state index in [1.807, 2.05) is 115 Å². The van der Waals surface area contributed by atoms with Crippen molar-refractivity contribution in [3.63, 3.8) is 0 Å². The van der Waals surface area contributed by atoms with Crippen LogP contribution in [0.3, 0.4) is 0 Å². The number of para-hydroxylation sites is 4. The van der Waals surface area contributed by atoms with E-state index in [1.54, 1.807) is 0 Å². The number of rotatable bonds is 7. The molecular weight excluding hydrogens is 983 g/mol. The van der Waals surface area contributed by atoms with Crippen molar-refractivity contribution in [1.82, 2.24) is 24.1 Å². The highest BCUT2D eigenvalue weighted by atomic mass is 16.3. The van der Waals surface area contributed by atoms with Crippen molar-refractivity contribution in [2.24, 2.45) is 0 Å². The highest BCUT2D eigenvalue weighted by Gasteiger charge is 2.25. The van der Waals surface area contributed by atoms with Gasteiger partial charge in [0.25, 0.3) is 0 Å². The minimum atomic E-state index is 0.490. The Labute approximate surface area is 456 Å². The summed E-state index contributed by atoms with van der Waals surface area (Å²) in [5.74, 6) is 1.50. The van der Waals surface area contributed by atoms with Gasteiger partial charge < -0.3 is 18.0 Å². The topological polar surface area (TPSA) is 122 Å². The minimum Gasteiger partial charge on any atom is -0.455 e. The molecule has 0 aliphatic rings. The molecule has 0 unspecified atom stereocenters. The molecule has 16 rings (SSSR count). The van der Waals surface area contributed by atoms with Crippen LogP contribution >= 0.6 is 0 Å². The average Bonchev–Trinajstić information content (AvgIpc) is 4.34. The van der Waals surface area contributed by atoms with E-state index < -0.39 is 0 Å². The van der Waals surface area contributed by atoms with E-state index in [-0.39, 0.29) is 0 Å². The van der Waals surface area contributed by atoms with Crippen LogP contribution in [0.4, 0.5) is 0 Å². The molecule has 0 fully saturated rings. The predicted octanol–water partition coefficient (Wildman–Crippen LogP) is 17.9. The first-order chi connectivity index (χ1) is 39.6. The highest BCUT2D eigenvalue weighted by Crippen LogP contribution is 2.45. The zero-order chi connectivity index (χ0) is 53.0. The van der Waals surface area contributed by atoms with Crippen LogP contribution in [0.1, 0.15) is 11.1 Å². The van der Waals surface area contributed by atoms with Crippen molar-refractivity contribution in [1.29, 1.82) is 10.5 Å². The van der Waals surface area contributed by atoms with Crippen LogP contribution in [-0.2, 0) is 0 Å². The molecular formula is C71H39N7O2. The zero-order valence-corrected chi connectivity index (χ0v) is 42.5. The van der Waals surface area contributed by atoms with Gasteiger partial charge in [-0.1, -0.05) is 152 Å². The smallest absolute Gasteiger partial charge is 0.164 e. The first-order valence-corrected chi connectivity index (χ1v) is 26.4. The summed E-state index contributed by atoms with van der Waals surface area (Å²) in [6, 6.07) is 84.9. The number of nitrogens with zero attached hydrogens (tertiary/aromatic N) is 7. The van der Waals surface area contributed by atoms with Crippen molar-refractivity contribution in [3.05, 3.63) is 248 Å². The fourth-order valence-electron chi connectivity index (χ4n) is 12.0. The molecule has 370 valence electrons. The molecule has 0 aliphatic heterocycles. The summed E-state index contributed by atoms with van der Waals surface area (Å²) < 4.78 is 18.1. The molecule has 0 spiro atoms. The number of nitriles is 2. The van der Waals surface area contributed by atoms with E-state index in [2.05, 4.69) is 143 Å². The van der Waals surface area contributed by atoms with Crippen LogP contribution < -0.4 is 0 Å². The third kappa shape index (κ3) is 6.85. The number of hydrogen-bond acceptors (Lipinski definition) is 7. The van der Waals surface area contributed by atoms with E-state index in [9.17, 15) is 10.5 Å². The lowest BCUT2D eigenvalue weighted by molar-refractivity contribution is 0.672. The molecule has 9 nitrogen and oxygen atoms in total. The predicted molar refractivity (Wildman–Crippen MR) is 320 cm³/mol. The van der Waals surface area contributed by atoms with Gasteiger partial charge in [-0.3, -0.25) is 0 Å². The maximum absolute atomic E-state index is 9.84. The molecule has 9 heteroatoms. The molecule has 0 saturated heterocycles. The number of furan rings is 2. The van der Waals surface area contributed by atoms with E-state index in [1.165, 1.54) is 0 Å². The Morgan fingerprint density at radius 2 is 0.700 bits per heavy atom.